The molecule has 0 saturated heterocycles. The lowest BCUT2D eigenvalue weighted by Gasteiger charge is -2.12. The first-order chi connectivity index (χ1) is 11.6. The summed E-state index contributed by atoms with van der Waals surface area (Å²) in [6.07, 6.45) is 4.92. The summed E-state index contributed by atoms with van der Waals surface area (Å²) in [7, 11) is 1.61. The molecule has 1 atom stereocenters. The molecule has 24 heavy (non-hydrogen) atoms. The minimum atomic E-state index is -0.965. The molecule has 1 unspecified atom stereocenters. The number of benzene rings is 1. The van der Waals surface area contributed by atoms with Crippen LogP contribution in [0.5, 0.6) is 0 Å². The van der Waals surface area contributed by atoms with Crippen LogP contribution in [-0.4, -0.2) is 27.6 Å². The summed E-state index contributed by atoms with van der Waals surface area (Å²) in [5.74, 6) is -0.965. The summed E-state index contributed by atoms with van der Waals surface area (Å²) in [6, 6.07) is 7.52. The molecular weight excluding hydrogens is 348 g/mol. The Hall–Kier alpha value is -2.15. The number of carbonyl (C=O) groups is 1. The molecule has 5 nitrogen and oxygen atoms in total. The topological polar surface area (TPSA) is 63.8 Å². The summed E-state index contributed by atoms with van der Waals surface area (Å²) in [4.78, 5) is 16.1. The van der Waals surface area contributed by atoms with E-state index < -0.39 is 5.97 Å². The molecule has 0 saturated carbocycles. The van der Waals surface area contributed by atoms with Crippen LogP contribution in [0.25, 0.3) is 16.2 Å². The number of rotatable bonds is 6. The normalized spacial score (nSPS) is 12.9. The van der Waals surface area contributed by atoms with Gasteiger partial charge in [-0.3, -0.25) is 4.40 Å². The lowest BCUT2D eigenvalue weighted by atomic mass is 10.1. The van der Waals surface area contributed by atoms with E-state index in [4.69, 9.17) is 21.4 Å². The first-order valence-corrected chi connectivity index (χ1v) is 8.49. The predicted octanol–water partition coefficient (Wildman–Crippen LogP) is 4.43. The molecule has 0 aliphatic rings. The van der Waals surface area contributed by atoms with Crippen LogP contribution in [0.1, 0.15) is 18.2 Å². The van der Waals surface area contributed by atoms with E-state index >= 15 is 0 Å². The van der Waals surface area contributed by atoms with E-state index in [0.717, 1.165) is 28.0 Å². The van der Waals surface area contributed by atoms with Crippen molar-refractivity contribution in [3.8, 4) is 11.3 Å². The van der Waals surface area contributed by atoms with Gasteiger partial charge in [0, 0.05) is 35.3 Å². The van der Waals surface area contributed by atoms with Gasteiger partial charge in [0.2, 0.25) is 0 Å². The molecule has 124 valence electrons. The van der Waals surface area contributed by atoms with Crippen LogP contribution in [-0.2, 0) is 9.53 Å². The van der Waals surface area contributed by atoms with Crippen LogP contribution in [0, 0.1) is 0 Å². The highest BCUT2D eigenvalue weighted by Gasteiger charge is 2.17. The molecule has 0 fully saturated rings. The Morgan fingerprint density at radius 2 is 2.21 bits per heavy atom. The van der Waals surface area contributed by atoms with Crippen LogP contribution in [0.4, 0.5) is 0 Å². The predicted molar refractivity (Wildman–Crippen MR) is 94.7 cm³/mol. The molecule has 0 aliphatic heterocycles. The van der Waals surface area contributed by atoms with E-state index in [2.05, 4.69) is 4.98 Å². The molecule has 0 amide bonds. The Labute approximate surface area is 147 Å². The van der Waals surface area contributed by atoms with Gasteiger partial charge in [-0.25, -0.2) is 9.78 Å². The highest BCUT2D eigenvalue weighted by atomic mass is 35.5. The maximum atomic E-state index is 10.6. The Kier molecular flexibility index (Phi) is 4.99. The number of halogens is 1. The monoisotopic (exact) mass is 362 g/mol. The number of hydrogen-bond acceptors (Lipinski definition) is 4. The van der Waals surface area contributed by atoms with Crippen molar-refractivity contribution >= 4 is 33.9 Å². The number of fused-ring (bicyclic) bond motifs is 1. The maximum Gasteiger partial charge on any atom is 0.327 e. The van der Waals surface area contributed by atoms with Gasteiger partial charge in [0.1, 0.15) is 6.10 Å². The highest BCUT2D eigenvalue weighted by molar-refractivity contribution is 7.15. The van der Waals surface area contributed by atoms with Crippen molar-refractivity contribution in [1.82, 2.24) is 9.38 Å². The number of methoxy groups -OCH3 is 1. The third kappa shape index (κ3) is 3.51. The molecule has 1 N–H and O–H groups in total. The molecular formula is C17H15ClN2O3S. The number of aromatic nitrogens is 2. The number of carboxylic acid groups (broad SMARTS) is 1. The standard InChI is InChI=1S/C17H15ClN2O3S/c1-23-15(3-2-4-16(21)22)14-10-24-17-19-13(9-20(14)17)11-5-7-12(18)8-6-11/h2,4-10,15H,3H2,1H3,(H,21,22). The van der Waals surface area contributed by atoms with Crippen molar-refractivity contribution in [2.45, 2.75) is 12.5 Å². The average Bonchev–Trinajstić information content (AvgIpc) is 3.13. The average molecular weight is 363 g/mol. The first-order valence-electron chi connectivity index (χ1n) is 7.23. The van der Waals surface area contributed by atoms with Gasteiger partial charge in [0.15, 0.2) is 4.96 Å². The molecule has 3 aromatic rings. The SMILES string of the molecule is COC(CC=CC(=O)O)c1csc2nc(-c3ccc(Cl)cc3)cn12. The number of thiazole rings is 1. The Bertz CT molecular complexity index is 883. The molecule has 1 aromatic carbocycles. The molecule has 2 aromatic heterocycles. The van der Waals surface area contributed by atoms with Crippen LogP contribution in [0.15, 0.2) is 48.0 Å². The van der Waals surface area contributed by atoms with E-state index in [1.54, 1.807) is 13.2 Å². The molecule has 0 bridgehead atoms. The van der Waals surface area contributed by atoms with Crippen LogP contribution in [0.3, 0.4) is 0 Å². The molecule has 7 heteroatoms. The third-order valence-corrected chi connectivity index (χ3v) is 4.71. The maximum absolute atomic E-state index is 10.6. The number of carboxylic acids is 1. The van der Waals surface area contributed by atoms with Gasteiger partial charge < -0.3 is 9.84 Å². The minimum absolute atomic E-state index is 0.235. The Morgan fingerprint density at radius 1 is 1.46 bits per heavy atom. The van der Waals surface area contributed by atoms with Gasteiger partial charge in [0.05, 0.1) is 11.4 Å². The number of aliphatic carboxylic acids is 1. The third-order valence-electron chi connectivity index (χ3n) is 3.60. The van der Waals surface area contributed by atoms with E-state index in [1.807, 2.05) is 40.2 Å². The number of imidazole rings is 1. The lowest BCUT2D eigenvalue weighted by Crippen LogP contribution is -2.03. The zero-order valence-electron chi connectivity index (χ0n) is 12.8. The second-order valence-corrected chi connectivity index (χ2v) is 6.42. The summed E-state index contributed by atoms with van der Waals surface area (Å²) < 4.78 is 7.50. The van der Waals surface area contributed by atoms with Gasteiger partial charge in [-0.1, -0.05) is 29.8 Å². The summed E-state index contributed by atoms with van der Waals surface area (Å²) in [6.45, 7) is 0. The van der Waals surface area contributed by atoms with Crippen LogP contribution < -0.4 is 0 Å². The molecule has 0 spiro atoms. The fourth-order valence-electron chi connectivity index (χ4n) is 2.42. The Balaban J connectivity index is 1.91. The number of hydrogen-bond donors (Lipinski definition) is 1. The first kappa shape index (κ1) is 16.7. The zero-order chi connectivity index (χ0) is 17.1. The fourth-order valence-corrected chi connectivity index (χ4v) is 3.46. The summed E-state index contributed by atoms with van der Waals surface area (Å²) in [5.41, 5.74) is 2.79. The van der Waals surface area contributed by atoms with E-state index in [9.17, 15) is 4.79 Å². The molecule has 3 rings (SSSR count). The minimum Gasteiger partial charge on any atom is -0.478 e. The molecule has 0 aliphatic carbocycles. The quantitative estimate of drug-likeness (QED) is 0.658. The van der Waals surface area contributed by atoms with Gasteiger partial charge in [-0.05, 0) is 18.6 Å². The largest absolute Gasteiger partial charge is 0.478 e. The Morgan fingerprint density at radius 3 is 2.88 bits per heavy atom. The van der Waals surface area contributed by atoms with E-state index in [1.165, 1.54) is 11.3 Å². The lowest BCUT2D eigenvalue weighted by molar-refractivity contribution is -0.131. The fraction of sp³-hybridized carbons (Fsp3) is 0.176. The van der Waals surface area contributed by atoms with Crippen molar-refractivity contribution in [3.05, 3.63) is 58.7 Å². The van der Waals surface area contributed by atoms with Crippen molar-refractivity contribution < 1.29 is 14.6 Å². The number of nitrogens with zero attached hydrogens (tertiary/aromatic N) is 2. The van der Waals surface area contributed by atoms with Gasteiger partial charge in [0.25, 0.3) is 0 Å². The smallest absolute Gasteiger partial charge is 0.327 e. The molecule has 2 heterocycles. The number of ether oxygens (including phenoxy) is 1. The zero-order valence-corrected chi connectivity index (χ0v) is 14.4. The second kappa shape index (κ2) is 7.17. The van der Waals surface area contributed by atoms with Crippen LogP contribution >= 0.6 is 22.9 Å². The van der Waals surface area contributed by atoms with Gasteiger partial charge in [-0.15, -0.1) is 11.3 Å². The second-order valence-electron chi connectivity index (χ2n) is 5.15. The van der Waals surface area contributed by atoms with E-state index in [0.29, 0.717) is 11.4 Å². The summed E-state index contributed by atoms with van der Waals surface area (Å²) in [5, 5.41) is 11.4. The van der Waals surface area contributed by atoms with Gasteiger partial charge in [-0.2, -0.15) is 0 Å². The summed E-state index contributed by atoms with van der Waals surface area (Å²) >= 11 is 7.45. The molecule has 0 radical (unpaired) electrons. The van der Waals surface area contributed by atoms with Crippen molar-refractivity contribution in [2.75, 3.05) is 7.11 Å². The van der Waals surface area contributed by atoms with Crippen LogP contribution in [0.2, 0.25) is 5.02 Å². The van der Waals surface area contributed by atoms with Crippen molar-refractivity contribution in [1.29, 1.82) is 0 Å². The van der Waals surface area contributed by atoms with Crippen molar-refractivity contribution in [3.63, 3.8) is 0 Å². The van der Waals surface area contributed by atoms with Crippen molar-refractivity contribution in [2.24, 2.45) is 0 Å². The van der Waals surface area contributed by atoms with E-state index in [-0.39, 0.29) is 6.10 Å². The van der Waals surface area contributed by atoms with Gasteiger partial charge >= 0.3 is 5.97 Å². The highest BCUT2D eigenvalue weighted by Crippen LogP contribution is 2.29.